The molecule has 1 heterocycles. The summed E-state index contributed by atoms with van der Waals surface area (Å²) in [4.78, 5) is 2.39. The first-order valence-corrected chi connectivity index (χ1v) is 19.2. The van der Waals surface area contributed by atoms with Crippen LogP contribution in [0.15, 0.2) is 217 Å². The number of furan rings is 1. The number of nitrogens with zero attached hydrogens (tertiary/aromatic N) is 1. The van der Waals surface area contributed by atoms with Crippen LogP contribution in [0.1, 0.15) is 0 Å². The Morgan fingerprint density at radius 1 is 0.321 bits per heavy atom. The van der Waals surface area contributed by atoms with Crippen LogP contribution in [-0.4, -0.2) is 0 Å². The van der Waals surface area contributed by atoms with E-state index in [9.17, 15) is 0 Å². The molecule has 0 saturated heterocycles. The molecule has 2 heteroatoms. The topological polar surface area (TPSA) is 16.4 Å². The molecule has 262 valence electrons. The predicted octanol–water partition coefficient (Wildman–Crippen LogP) is 15.5. The Bertz CT molecular complexity index is 3240. The van der Waals surface area contributed by atoms with Gasteiger partial charge >= 0.3 is 0 Å². The number of anilines is 3. The van der Waals surface area contributed by atoms with Crippen molar-refractivity contribution in [1.29, 1.82) is 0 Å². The maximum absolute atomic E-state index is 6.72. The first kappa shape index (κ1) is 32.0. The average Bonchev–Trinajstić information content (AvgIpc) is 3.67. The van der Waals surface area contributed by atoms with E-state index in [-0.39, 0.29) is 0 Å². The largest absolute Gasteiger partial charge is 0.455 e. The van der Waals surface area contributed by atoms with Crippen molar-refractivity contribution in [3.05, 3.63) is 212 Å². The lowest BCUT2D eigenvalue weighted by atomic mass is 9.91. The molecule has 0 radical (unpaired) electrons. The van der Waals surface area contributed by atoms with Crippen LogP contribution in [0.4, 0.5) is 17.1 Å². The fourth-order valence-electron chi connectivity index (χ4n) is 8.67. The summed E-state index contributed by atoms with van der Waals surface area (Å²) in [6, 6.07) is 76.4. The van der Waals surface area contributed by atoms with Gasteiger partial charge in [0, 0.05) is 22.1 Å². The Labute approximate surface area is 325 Å². The quantitative estimate of drug-likeness (QED) is 0.171. The van der Waals surface area contributed by atoms with Gasteiger partial charge in [0.1, 0.15) is 11.2 Å². The van der Waals surface area contributed by atoms with Gasteiger partial charge in [-0.25, -0.2) is 0 Å². The highest BCUT2D eigenvalue weighted by Gasteiger charge is 2.21. The van der Waals surface area contributed by atoms with E-state index in [1.165, 1.54) is 54.7 Å². The van der Waals surface area contributed by atoms with Gasteiger partial charge in [-0.3, -0.25) is 0 Å². The smallest absolute Gasteiger partial charge is 0.143 e. The fraction of sp³-hybridized carbons (Fsp3) is 0. The number of fused-ring (bicyclic) bond motifs is 7. The maximum atomic E-state index is 6.72. The molecule has 11 aromatic rings. The molecule has 0 fully saturated rings. The number of rotatable bonds is 6. The summed E-state index contributed by atoms with van der Waals surface area (Å²) < 4.78 is 6.72. The molecule has 0 atom stereocenters. The van der Waals surface area contributed by atoms with Crippen LogP contribution >= 0.6 is 0 Å². The Kier molecular flexibility index (Phi) is 7.53. The third kappa shape index (κ3) is 5.26. The number of hydrogen-bond donors (Lipinski definition) is 0. The van der Waals surface area contributed by atoms with Crippen molar-refractivity contribution in [2.45, 2.75) is 0 Å². The van der Waals surface area contributed by atoms with Crippen molar-refractivity contribution in [3.8, 4) is 33.4 Å². The standard InChI is InChI=1S/C54H35NO/c1-2-13-37(14-3-1)46-25-10-18-40-19-11-26-47(52(40)46)41-20-8-21-43(35-41)55(42-32-29-39(30-33-42)45-24-9-17-36-15-4-6-22-44(36)45)50-27-12-28-51-53(50)49-34-31-38-16-5-7-23-48(38)54(49)56-51/h1-35H. The van der Waals surface area contributed by atoms with Gasteiger partial charge in [-0.1, -0.05) is 170 Å². The first-order chi connectivity index (χ1) is 27.8. The molecule has 2 nitrogen and oxygen atoms in total. The molecule has 11 rings (SSSR count). The summed E-state index contributed by atoms with van der Waals surface area (Å²) in [6.07, 6.45) is 0. The highest BCUT2D eigenvalue weighted by atomic mass is 16.3. The summed E-state index contributed by atoms with van der Waals surface area (Å²) in [5.74, 6) is 0. The van der Waals surface area contributed by atoms with Gasteiger partial charge in [0.05, 0.1) is 11.1 Å². The average molecular weight is 714 g/mol. The third-order valence-corrected chi connectivity index (χ3v) is 11.2. The van der Waals surface area contributed by atoms with E-state index in [1.807, 2.05) is 0 Å². The number of benzene rings is 10. The molecule has 0 aliphatic heterocycles. The van der Waals surface area contributed by atoms with Crippen LogP contribution in [0.2, 0.25) is 0 Å². The summed E-state index contributed by atoms with van der Waals surface area (Å²) in [5.41, 5.74) is 12.2. The lowest BCUT2D eigenvalue weighted by Crippen LogP contribution is -2.10. The minimum Gasteiger partial charge on any atom is -0.455 e. The first-order valence-electron chi connectivity index (χ1n) is 19.2. The minimum absolute atomic E-state index is 0.865. The second-order valence-corrected chi connectivity index (χ2v) is 14.5. The molecule has 1 aromatic heterocycles. The van der Waals surface area contributed by atoms with E-state index < -0.39 is 0 Å². The molecule has 0 aliphatic rings. The van der Waals surface area contributed by atoms with Crippen LogP contribution in [0.3, 0.4) is 0 Å². The van der Waals surface area contributed by atoms with Gasteiger partial charge < -0.3 is 9.32 Å². The van der Waals surface area contributed by atoms with Gasteiger partial charge in [-0.2, -0.15) is 0 Å². The summed E-state index contributed by atoms with van der Waals surface area (Å²) in [7, 11) is 0. The van der Waals surface area contributed by atoms with Crippen molar-refractivity contribution in [2.75, 3.05) is 4.90 Å². The molecule has 0 bridgehead atoms. The monoisotopic (exact) mass is 713 g/mol. The third-order valence-electron chi connectivity index (χ3n) is 11.2. The lowest BCUT2D eigenvalue weighted by molar-refractivity contribution is 0.672. The van der Waals surface area contributed by atoms with E-state index in [4.69, 9.17) is 4.42 Å². The molecule has 0 N–H and O–H groups in total. The Balaban J connectivity index is 1.13. The Morgan fingerprint density at radius 2 is 0.911 bits per heavy atom. The van der Waals surface area contributed by atoms with Crippen LogP contribution < -0.4 is 4.90 Å². The molecule has 0 unspecified atom stereocenters. The zero-order valence-corrected chi connectivity index (χ0v) is 30.6. The number of hydrogen-bond acceptors (Lipinski definition) is 2. The zero-order chi connectivity index (χ0) is 37.0. The van der Waals surface area contributed by atoms with E-state index in [1.54, 1.807) is 0 Å². The second kappa shape index (κ2) is 13.2. The van der Waals surface area contributed by atoms with Gasteiger partial charge in [-0.15, -0.1) is 0 Å². The van der Waals surface area contributed by atoms with Gasteiger partial charge in [0.2, 0.25) is 0 Å². The second-order valence-electron chi connectivity index (χ2n) is 14.5. The highest BCUT2D eigenvalue weighted by Crippen LogP contribution is 2.46. The predicted molar refractivity (Wildman–Crippen MR) is 237 cm³/mol. The Morgan fingerprint density at radius 3 is 1.71 bits per heavy atom. The van der Waals surface area contributed by atoms with E-state index in [2.05, 4.69) is 217 Å². The van der Waals surface area contributed by atoms with Gasteiger partial charge in [0.25, 0.3) is 0 Å². The normalized spacial score (nSPS) is 11.6. The van der Waals surface area contributed by atoms with Crippen molar-refractivity contribution in [1.82, 2.24) is 0 Å². The molecule has 56 heavy (non-hydrogen) atoms. The van der Waals surface area contributed by atoms with Crippen molar-refractivity contribution in [3.63, 3.8) is 0 Å². The van der Waals surface area contributed by atoms with Crippen LogP contribution in [0.25, 0.3) is 87.6 Å². The summed E-state index contributed by atoms with van der Waals surface area (Å²) in [6.45, 7) is 0. The molecule has 0 spiro atoms. The van der Waals surface area contributed by atoms with Gasteiger partial charge in [0.15, 0.2) is 0 Å². The molecule has 0 saturated carbocycles. The van der Waals surface area contributed by atoms with E-state index in [0.29, 0.717) is 0 Å². The summed E-state index contributed by atoms with van der Waals surface area (Å²) >= 11 is 0. The summed E-state index contributed by atoms with van der Waals surface area (Å²) in [5, 5.41) is 9.43. The van der Waals surface area contributed by atoms with E-state index in [0.717, 1.165) is 50.0 Å². The fourth-order valence-corrected chi connectivity index (χ4v) is 8.67. The van der Waals surface area contributed by atoms with Crippen molar-refractivity contribution in [2.24, 2.45) is 0 Å². The van der Waals surface area contributed by atoms with Crippen LogP contribution in [-0.2, 0) is 0 Å². The van der Waals surface area contributed by atoms with E-state index >= 15 is 0 Å². The van der Waals surface area contributed by atoms with Crippen molar-refractivity contribution < 1.29 is 4.42 Å². The molecule has 0 aliphatic carbocycles. The molecule has 10 aromatic carbocycles. The maximum Gasteiger partial charge on any atom is 0.143 e. The highest BCUT2D eigenvalue weighted by molar-refractivity contribution is 6.19. The molecular weight excluding hydrogens is 679 g/mol. The van der Waals surface area contributed by atoms with Crippen LogP contribution in [0.5, 0.6) is 0 Å². The van der Waals surface area contributed by atoms with Gasteiger partial charge in [-0.05, 0) is 103 Å². The molecule has 0 amide bonds. The lowest BCUT2D eigenvalue weighted by Gasteiger charge is -2.27. The van der Waals surface area contributed by atoms with Crippen LogP contribution in [0, 0.1) is 0 Å². The Hall–Kier alpha value is -7.42. The van der Waals surface area contributed by atoms with Crippen molar-refractivity contribution >= 4 is 71.3 Å². The zero-order valence-electron chi connectivity index (χ0n) is 30.6. The minimum atomic E-state index is 0.865. The SMILES string of the molecule is c1ccc(-c2cccc3cccc(-c4cccc(N(c5ccc(-c6cccc7ccccc67)cc5)c5cccc6oc7c8ccccc8ccc7c56)c4)c23)cc1. The molecular formula is C54H35NO.